The molecule has 1 aliphatic carbocycles. The minimum absolute atomic E-state index is 0.0475. The zero-order valence-corrected chi connectivity index (χ0v) is 15.6. The number of nitrogens with one attached hydrogen (secondary N) is 3. The highest BCUT2D eigenvalue weighted by atomic mass is 19.4. The summed E-state index contributed by atoms with van der Waals surface area (Å²) in [5.74, 6) is -1.26. The molecule has 0 spiro atoms. The molecule has 3 aromatic rings. The van der Waals surface area contributed by atoms with Crippen molar-refractivity contribution < 1.29 is 18.0 Å². The molecule has 0 atom stereocenters. The van der Waals surface area contributed by atoms with Crippen molar-refractivity contribution in [3.63, 3.8) is 0 Å². The Morgan fingerprint density at radius 2 is 1.79 bits per heavy atom. The number of H-pyrrole nitrogens is 1. The molecule has 1 aliphatic rings. The van der Waals surface area contributed by atoms with Crippen LogP contribution >= 0.6 is 0 Å². The van der Waals surface area contributed by atoms with Gasteiger partial charge in [-0.3, -0.25) is 0 Å². The van der Waals surface area contributed by atoms with Gasteiger partial charge in [-0.2, -0.15) is 13.2 Å². The van der Waals surface area contributed by atoms with Crippen LogP contribution in [0.1, 0.15) is 25.7 Å². The van der Waals surface area contributed by atoms with E-state index in [9.17, 15) is 18.0 Å². The lowest BCUT2D eigenvalue weighted by Gasteiger charge is -2.30. The number of benzene rings is 1. The lowest BCUT2D eigenvalue weighted by molar-refractivity contribution is -0.182. The van der Waals surface area contributed by atoms with Gasteiger partial charge in [0.15, 0.2) is 0 Å². The predicted molar refractivity (Wildman–Crippen MR) is 105 cm³/mol. The van der Waals surface area contributed by atoms with Crippen LogP contribution < -0.4 is 10.6 Å². The Balaban J connectivity index is 1.42. The maximum Gasteiger partial charge on any atom is 0.391 e. The standard InChI is InChI=1S/C21H21F3N4O/c22-21(23,24)15-6-8-16(9-7-15)27-20(29)28-18-12-26-19-17(18)10-14(11-25-19)13-4-2-1-3-5-13/h1-5,10-12,15-16H,6-9H2,(H,25,26)(H2,27,28,29). The summed E-state index contributed by atoms with van der Waals surface area (Å²) in [4.78, 5) is 19.8. The van der Waals surface area contributed by atoms with Gasteiger partial charge in [0.1, 0.15) is 5.65 Å². The summed E-state index contributed by atoms with van der Waals surface area (Å²) in [5.41, 5.74) is 3.16. The SMILES string of the molecule is O=C(Nc1c[nH]c2ncc(-c3ccccc3)cc12)NC1CCC(C(F)(F)F)CC1. The molecule has 8 heteroatoms. The van der Waals surface area contributed by atoms with Crippen LogP contribution in [0.5, 0.6) is 0 Å². The summed E-state index contributed by atoms with van der Waals surface area (Å²) < 4.78 is 38.3. The first kappa shape index (κ1) is 19.3. The van der Waals surface area contributed by atoms with Crippen LogP contribution in [0.15, 0.2) is 48.8 Å². The van der Waals surface area contributed by atoms with Crippen molar-refractivity contribution in [1.82, 2.24) is 15.3 Å². The molecule has 3 N–H and O–H groups in total. The third-order valence-electron chi connectivity index (χ3n) is 5.41. The molecule has 1 aromatic carbocycles. The summed E-state index contributed by atoms with van der Waals surface area (Å²) >= 11 is 0. The van der Waals surface area contributed by atoms with E-state index < -0.39 is 18.1 Å². The fraction of sp³-hybridized carbons (Fsp3) is 0.333. The van der Waals surface area contributed by atoms with Crippen molar-refractivity contribution in [2.45, 2.75) is 37.9 Å². The Morgan fingerprint density at radius 3 is 2.48 bits per heavy atom. The van der Waals surface area contributed by atoms with Gasteiger partial charge in [-0.25, -0.2) is 9.78 Å². The maximum atomic E-state index is 12.8. The van der Waals surface area contributed by atoms with Crippen molar-refractivity contribution in [3.8, 4) is 11.1 Å². The number of carbonyl (C=O) groups is 1. The normalized spacial score (nSPS) is 19.8. The summed E-state index contributed by atoms with van der Waals surface area (Å²) in [6.45, 7) is 0. The Hall–Kier alpha value is -3.03. The Labute approximate surface area is 165 Å². The third kappa shape index (κ3) is 4.36. The first-order chi connectivity index (χ1) is 13.9. The van der Waals surface area contributed by atoms with Crippen LogP contribution in [-0.2, 0) is 0 Å². The topological polar surface area (TPSA) is 69.8 Å². The molecule has 5 nitrogen and oxygen atoms in total. The molecule has 0 saturated heterocycles. The highest BCUT2D eigenvalue weighted by Crippen LogP contribution is 2.37. The molecule has 2 heterocycles. The van der Waals surface area contributed by atoms with Crippen molar-refractivity contribution in [2.24, 2.45) is 5.92 Å². The number of aromatic amines is 1. The van der Waals surface area contributed by atoms with Crippen molar-refractivity contribution in [3.05, 3.63) is 48.8 Å². The molecule has 152 valence electrons. The highest BCUT2D eigenvalue weighted by Gasteiger charge is 2.41. The van der Waals surface area contributed by atoms with Gasteiger partial charge in [-0.15, -0.1) is 0 Å². The monoisotopic (exact) mass is 402 g/mol. The number of anilines is 1. The number of pyridine rings is 1. The van der Waals surface area contributed by atoms with Gasteiger partial charge in [0.05, 0.1) is 11.6 Å². The second-order valence-corrected chi connectivity index (χ2v) is 7.38. The van der Waals surface area contributed by atoms with Gasteiger partial charge < -0.3 is 15.6 Å². The average molecular weight is 402 g/mol. The van der Waals surface area contributed by atoms with Crippen molar-refractivity contribution >= 4 is 22.8 Å². The number of urea groups is 1. The van der Waals surface area contributed by atoms with E-state index in [1.54, 1.807) is 12.4 Å². The van der Waals surface area contributed by atoms with E-state index in [-0.39, 0.29) is 18.9 Å². The quantitative estimate of drug-likeness (QED) is 0.544. The minimum atomic E-state index is -4.15. The summed E-state index contributed by atoms with van der Waals surface area (Å²) in [5, 5.41) is 6.34. The van der Waals surface area contributed by atoms with E-state index >= 15 is 0 Å². The number of amides is 2. The molecular weight excluding hydrogens is 381 g/mol. The van der Waals surface area contributed by atoms with Gasteiger partial charge in [-0.05, 0) is 37.3 Å². The lowest BCUT2D eigenvalue weighted by Crippen LogP contribution is -2.41. The highest BCUT2D eigenvalue weighted by molar-refractivity contribution is 6.01. The van der Waals surface area contributed by atoms with Crippen molar-refractivity contribution in [1.29, 1.82) is 0 Å². The first-order valence-corrected chi connectivity index (χ1v) is 9.57. The van der Waals surface area contributed by atoms with Gasteiger partial charge in [-0.1, -0.05) is 30.3 Å². The number of hydrogen-bond acceptors (Lipinski definition) is 2. The van der Waals surface area contributed by atoms with E-state index in [2.05, 4.69) is 20.6 Å². The van der Waals surface area contributed by atoms with Gasteiger partial charge >= 0.3 is 12.2 Å². The number of halogens is 3. The van der Waals surface area contributed by atoms with Crippen LogP contribution in [0.3, 0.4) is 0 Å². The van der Waals surface area contributed by atoms with Gasteiger partial charge in [0, 0.05) is 29.4 Å². The number of fused-ring (bicyclic) bond motifs is 1. The zero-order valence-electron chi connectivity index (χ0n) is 15.6. The molecule has 1 fully saturated rings. The first-order valence-electron chi connectivity index (χ1n) is 9.57. The van der Waals surface area contributed by atoms with Gasteiger partial charge in [0.2, 0.25) is 0 Å². The number of alkyl halides is 3. The molecule has 0 bridgehead atoms. The maximum absolute atomic E-state index is 12.8. The molecule has 0 unspecified atom stereocenters. The van der Waals surface area contributed by atoms with Crippen LogP contribution in [-0.4, -0.2) is 28.2 Å². The van der Waals surface area contributed by atoms with Crippen LogP contribution in [0.4, 0.5) is 23.7 Å². The van der Waals surface area contributed by atoms with Crippen LogP contribution in [0.25, 0.3) is 22.2 Å². The Kier molecular flexibility index (Phi) is 5.17. The van der Waals surface area contributed by atoms with Crippen molar-refractivity contribution in [2.75, 3.05) is 5.32 Å². The minimum Gasteiger partial charge on any atom is -0.344 e. The number of hydrogen-bond donors (Lipinski definition) is 3. The van der Waals surface area contributed by atoms with Crippen LogP contribution in [0, 0.1) is 5.92 Å². The number of nitrogens with zero attached hydrogens (tertiary/aromatic N) is 1. The fourth-order valence-electron chi connectivity index (χ4n) is 3.80. The summed E-state index contributed by atoms with van der Waals surface area (Å²) in [6.07, 6.45) is 0.0125. The number of carbonyl (C=O) groups excluding carboxylic acids is 1. The molecule has 4 rings (SSSR count). The summed E-state index contributed by atoms with van der Waals surface area (Å²) in [7, 11) is 0. The molecule has 1 saturated carbocycles. The average Bonchev–Trinajstić information content (AvgIpc) is 3.10. The molecule has 0 aliphatic heterocycles. The number of rotatable bonds is 3. The zero-order chi connectivity index (χ0) is 20.4. The van der Waals surface area contributed by atoms with E-state index in [1.807, 2.05) is 36.4 Å². The Bertz CT molecular complexity index is 992. The van der Waals surface area contributed by atoms with Gasteiger partial charge in [0.25, 0.3) is 0 Å². The van der Waals surface area contributed by atoms with E-state index in [1.165, 1.54) is 0 Å². The largest absolute Gasteiger partial charge is 0.391 e. The lowest BCUT2D eigenvalue weighted by atomic mass is 9.86. The van der Waals surface area contributed by atoms with Crippen LogP contribution in [0.2, 0.25) is 0 Å². The van der Waals surface area contributed by atoms with E-state index in [4.69, 9.17) is 0 Å². The molecular formula is C21H21F3N4O. The molecule has 2 aromatic heterocycles. The predicted octanol–water partition coefficient (Wildman–Crippen LogP) is 5.47. The summed E-state index contributed by atoms with van der Waals surface area (Å²) in [6, 6.07) is 11.0. The second-order valence-electron chi connectivity index (χ2n) is 7.38. The van der Waals surface area contributed by atoms with E-state index in [0.717, 1.165) is 16.5 Å². The molecule has 2 amide bonds. The van der Waals surface area contributed by atoms with E-state index in [0.29, 0.717) is 24.2 Å². The Morgan fingerprint density at radius 1 is 1.07 bits per heavy atom. The smallest absolute Gasteiger partial charge is 0.344 e. The second kappa shape index (κ2) is 7.77. The molecule has 29 heavy (non-hydrogen) atoms. The third-order valence-corrected chi connectivity index (χ3v) is 5.41. The number of aromatic nitrogens is 2. The molecule has 0 radical (unpaired) electrons. The fourth-order valence-corrected chi connectivity index (χ4v) is 3.80.